The standard InChI is InChI=1S/C16H18N2O/c17-10-13-6-3-7-15(13)18-16(19)14-8-11-4-1-2-5-12(11)9-14/h1-2,4-5,13-15H,3,6-9H2,(H,18,19). The molecule has 1 N–H and O–H groups in total. The molecule has 3 heteroatoms. The van der Waals surface area contributed by atoms with Crippen LogP contribution in [0.4, 0.5) is 0 Å². The van der Waals surface area contributed by atoms with Crippen molar-refractivity contribution in [1.29, 1.82) is 5.26 Å². The zero-order valence-corrected chi connectivity index (χ0v) is 10.9. The average molecular weight is 254 g/mol. The quantitative estimate of drug-likeness (QED) is 0.879. The van der Waals surface area contributed by atoms with Gasteiger partial charge in [0.25, 0.3) is 0 Å². The summed E-state index contributed by atoms with van der Waals surface area (Å²) in [6, 6.07) is 10.7. The minimum atomic E-state index is 0.00716. The van der Waals surface area contributed by atoms with E-state index in [-0.39, 0.29) is 23.8 Å². The first-order chi connectivity index (χ1) is 9.28. The largest absolute Gasteiger partial charge is 0.352 e. The number of carbonyl (C=O) groups is 1. The molecule has 3 rings (SSSR count). The molecule has 19 heavy (non-hydrogen) atoms. The van der Waals surface area contributed by atoms with Crippen molar-refractivity contribution in [2.45, 2.75) is 38.1 Å². The van der Waals surface area contributed by atoms with Gasteiger partial charge < -0.3 is 5.32 Å². The maximum absolute atomic E-state index is 12.3. The molecular weight excluding hydrogens is 236 g/mol. The molecule has 2 aliphatic carbocycles. The molecule has 1 saturated carbocycles. The van der Waals surface area contributed by atoms with Crippen LogP contribution in [0.5, 0.6) is 0 Å². The van der Waals surface area contributed by atoms with Crippen molar-refractivity contribution in [1.82, 2.24) is 5.32 Å². The van der Waals surface area contributed by atoms with Crippen LogP contribution in [0.1, 0.15) is 30.4 Å². The lowest BCUT2D eigenvalue weighted by Crippen LogP contribution is -2.40. The Morgan fingerprint density at radius 1 is 1.21 bits per heavy atom. The Balaban J connectivity index is 1.63. The van der Waals surface area contributed by atoms with Crippen LogP contribution in [0, 0.1) is 23.2 Å². The summed E-state index contributed by atoms with van der Waals surface area (Å²) in [7, 11) is 0. The molecule has 0 heterocycles. The lowest BCUT2D eigenvalue weighted by molar-refractivity contribution is -0.125. The van der Waals surface area contributed by atoms with Crippen LogP contribution < -0.4 is 5.32 Å². The zero-order chi connectivity index (χ0) is 13.2. The third kappa shape index (κ3) is 2.35. The van der Waals surface area contributed by atoms with Gasteiger partial charge in [0.2, 0.25) is 5.91 Å². The fraction of sp³-hybridized carbons (Fsp3) is 0.500. The van der Waals surface area contributed by atoms with Crippen LogP contribution >= 0.6 is 0 Å². The predicted octanol–water partition coefficient (Wildman–Crippen LogP) is 2.21. The molecule has 0 spiro atoms. The van der Waals surface area contributed by atoms with Gasteiger partial charge in [-0.15, -0.1) is 0 Å². The van der Waals surface area contributed by atoms with E-state index in [4.69, 9.17) is 5.26 Å². The smallest absolute Gasteiger partial charge is 0.224 e. The first kappa shape index (κ1) is 12.2. The van der Waals surface area contributed by atoms with Gasteiger partial charge in [0.15, 0.2) is 0 Å². The monoisotopic (exact) mass is 254 g/mol. The van der Waals surface area contributed by atoms with Gasteiger partial charge in [0.1, 0.15) is 0 Å². The SMILES string of the molecule is N#CC1CCCC1NC(=O)C1Cc2ccccc2C1. The third-order valence-corrected chi connectivity index (χ3v) is 4.43. The van der Waals surface area contributed by atoms with E-state index >= 15 is 0 Å². The molecule has 0 bridgehead atoms. The Labute approximate surface area is 113 Å². The summed E-state index contributed by atoms with van der Waals surface area (Å²) in [5.41, 5.74) is 2.59. The number of nitrogens with zero attached hydrogens (tertiary/aromatic N) is 1. The molecule has 1 aromatic carbocycles. The van der Waals surface area contributed by atoms with Gasteiger partial charge in [-0.1, -0.05) is 24.3 Å². The summed E-state index contributed by atoms with van der Waals surface area (Å²) in [4.78, 5) is 12.3. The Hall–Kier alpha value is -1.82. The Morgan fingerprint density at radius 2 is 1.89 bits per heavy atom. The third-order valence-electron chi connectivity index (χ3n) is 4.43. The molecule has 98 valence electrons. The van der Waals surface area contributed by atoms with Gasteiger partial charge in [-0.05, 0) is 43.2 Å². The van der Waals surface area contributed by atoms with Crippen molar-refractivity contribution in [3.05, 3.63) is 35.4 Å². The fourth-order valence-corrected chi connectivity index (χ4v) is 3.33. The van der Waals surface area contributed by atoms with Gasteiger partial charge in [-0.2, -0.15) is 5.26 Å². The van der Waals surface area contributed by atoms with E-state index in [2.05, 4.69) is 23.5 Å². The number of nitrogens with one attached hydrogen (secondary N) is 1. The molecule has 2 aliphatic rings. The van der Waals surface area contributed by atoms with Crippen molar-refractivity contribution < 1.29 is 4.79 Å². The van der Waals surface area contributed by atoms with Crippen molar-refractivity contribution in [2.24, 2.45) is 11.8 Å². The predicted molar refractivity (Wildman–Crippen MR) is 72.2 cm³/mol. The zero-order valence-electron chi connectivity index (χ0n) is 10.9. The average Bonchev–Trinajstić information content (AvgIpc) is 3.03. The van der Waals surface area contributed by atoms with Crippen LogP contribution in [-0.4, -0.2) is 11.9 Å². The number of hydrogen-bond acceptors (Lipinski definition) is 2. The molecule has 1 aromatic rings. The van der Waals surface area contributed by atoms with Gasteiger partial charge >= 0.3 is 0 Å². The van der Waals surface area contributed by atoms with Crippen LogP contribution in [0.25, 0.3) is 0 Å². The maximum Gasteiger partial charge on any atom is 0.224 e. The number of nitriles is 1. The lowest BCUT2D eigenvalue weighted by atomic mass is 10.0. The number of carbonyl (C=O) groups excluding carboxylic acids is 1. The summed E-state index contributed by atoms with van der Waals surface area (Å²) in [5, 5.41) is 12.2. The lowest BCUT2D eigenvalue weighted by Gasteiger charge is -2.18. The van der Waals surface area contributed by atoms with Gasteiger partial charge in [-0.3, -0.25) is 4.79 Å². The highest BCUT2D eigenvalue weighted by atomic mass is 16.1. The molecule has 0 aliphatic heterocycles. The highest BCUT2D eigenvalue weighted by Crippen LogP contribution is 2.29. The molecule has 1 amide bonds. The van der Waals surface area contributed by atoms with Crippen LogP contribution in [0.3, 0.4) is 0 Å². The Bertz CT molecular complexity index is 507. The molecule has 2 unspecified atom stereocenters. The number of hydrogen-bond donors (Lipinski definition) is 1. The van der Waals surface area contributed by atoms with Crippen molar-refractivity contribution >= 4 is 5.91 Å². The fourth-order valence-electron chi connectivity index (χ4n) is 3.33. The first-order valence-corrected chi connectivity index (χ1v) is 7.04. The normalized spacial score (nSPS) is 25.8. The molecular formula is C16H18N2O. The highest BCUT2D eigenvalue weighted by Gasteiger charge is 2.32. The number of amides is 1. The molecule has 0 aromatic heterocycles. The summed E-state index contributed by atoms with van der Waals surface area (Å²) in [6.45, 7) is 0. The number of rotatable bonds is 2. The second kappa shape index (κ2) is 5.05. The van der Waals surface area contributed by atoms with E-state index in [0.29, 0.717) is 0 Å². The van der Waals surface area contributed by atoms with Gasteiger partial charge in [-0.25, -0.2) is 0 Å². The minimum Gasteiger partial charge on any atom is -0.352 e. The van der Waals surface area contributed by atoms with Crippen LogP contribution in [0.2, 0.25) is 0 Å². The minimum absolute atomic E-state index is 0.00716. The number of benzene rings is 1. The number of fused-ring (bicyclic) bond motifs is 1. The molecule has 1 fully saturated rings. The highest BCUT2D eigenvalue weighted by molar-refractivity contribution is 5.80. The second-order valence-corrected chi connectivity index (χ2v) is 5.66. The Kier molecular flexibility index (Phi) is 3.25. The van der Waals surface area contributed by atoms with E-state index in [1.807, 2.05) is 12.1 Å². The van der Waals surface area contributed by atoms with Crippen LogP contribution in [0.15, 0.2) is 24.3 Å². The van der Waals surface area contributed by atoms with Crippen molar-refractivity contribution in [3.8, 4) is 6.07 Å². The Morgan fingerprint density at radius 3 is 2.53 bits per heavy atom. The molecule has 3 nitrogen and oxygen atoms in total. The summed E-state index contributed by atoms with van der Waals surface area (Å²) in [6.07, 6.45) is 4.60. The second-order valence-electron chi connectivity index (χ2n) is 5.66. The molecule has 0 radical (unpaired) electrons. The summed E-state index contributed by atoms with van der Waals surface area (Å²) < 4.78 is 0. The van der Waals surface area contributed by atoms with E-state index < -0.39 is 0 Å². The maximum atomic E-state index is 12.3. The van der Waals surface area contributed by atoms with E-state index in [9.17, 15) is 4.79 Å². The van der Waals surface area contributed by atoms with E-state index in [1.165, 1.54) is 11.1 Å². The summed E-state index contributed by atoms with van der Waals surface area (Å²) in [5.74, 6) is 0.188. The van der Waals surface area contributed by atoms with E-state index in [1.54, 1.807) is 0 Å². The molecule has 0 saturated heterocycles. The van der Waals surface area contributed by atoms with Gasteiger partial charge in [0.05, 0.1) is 12.0 Å². The van der Waals surface area contributed by atoms with Crippen molar-refractivity contribution in [3.63, 3.8) is 0 Å². The van der Waals surface area contributed by atoms with Gasteiger partial charge in [0, 0.05) is 12.0 Å². The molecule has 2 atom stereocenters. The summed E-state index contributed by atoms with van der Waals surface area (Å²) >= 11 is 0. The topological polar surface area (TPSA) is 52.9 Å². The first-order valence-electron chi connectivity index (χ1n) is 7.04. The van der Waals surface area contributed by atoms with Crippen molar-refractivity contribution in [2.75, 3.05) is 0 Å². The van der Waals surface area contributed by atoms with Crippen LogP contribution in [-0.2, 0) is 17.6 Å². The van der Waals surface area contributed by atoms with E-state index in [0.717, 1.165) is 32.1 Å².